The topological polar surface area (TPSA) is 68.2 Å². The number of phenols is 1. The summed E-state index contributed by atoms with van der Waals surface area (Å²) in [5, 5.41) is 13.4. The molecule has 0 saturated carbocycles. The average Bonchev–Trinajstić information content (AvgIpc) is 3.83. The summed E-state index contributed by atoms with van der Waals surface area (Å²) in [7, 11) is 0. The summed E-state index contributed by atoms with van der Waals surface area (Å²) >= 11 is 0. The average molecular weight is 1000 g/mol. The maximum absolute atomic E-state index is 11.1. The molecule has 6 nitrogen and oxygen atoms in total. The van der Waals surface area contributed by atoms with Crippen LogP contribution in [0.3, 0.4) is 0 Å². The number of benzene rings is 5. The zero-order valence-corrected chi connectivity index (χ0v) is 38.8. The maximum Gasteiger partial charge on any atom is 0.124 e. The van der Waals surface area contributed by atoms with E-state index in [1.54, 1.807) is 6.07 Å². The van der Waals surface area contributed by atoms with Crippen LogP contribution in [0, 0.1) is 13.0 Å². The predicted octanol–water partition coefficient (Wildman–Crippen LogP) is 14.0. The summed E-state index contributed by atoms with van der Waals surface area (Å²) < 4.78 is 4.53. The molecule has 0 saturated heterocycles. The largest absolute Gasteiger partial charge is 0.507 e. The first-order valence-corrected chi connectivity index (χ1v) is 21.2. The van der Waals surface area contributed by atoms with E-state index in [0.29, 0.717) is 11.3 Å². The van der Waals surface area contributed by atoms with Crippen molar-refractivity contribution in [2.75, 3.05) is 0 Å². The third-order valence-electron chi connectivity index (χ3n) is 12.1. The summed E-state index contributed by atoms with van der Waals surface area (Å²) in [5.74, 6) is 1.13. The zero-order chi connectivity index (χ0) is 42.9. The molecular weight excluding hydrogens is 954 g/mol. The Morgan fingerprint density at radius 3 is 1.95 bits per heavy atom. The third kappa shape index (κ3) is 7.57. The van der Waals surface area contributed by atoms with Gasteiger partial charge in [0.15, 0.2) is 0 Å². The van der Waals surface area contributed by atoms with Gasteiger partial charge in [-0.3, -0.25) is 9.97 Å². The molecule has 0 aliphatic heterocycles. The molecule has 0 unspecified atom stereocenters. The summed E-state index contributed by atoms with van der Waals surface area (Å²) in [4.78, 5) is 14.8. The zero-order valence-electron chi connectivity index (χ0n) is 36.5. The molecular formula is C56H48N5OPt-. The van der Waals surface area contributed by atoms with E-state index in [1.807, 2.05) is 43.6 Å². The van der Waals surface area contributed by atoms with Crippen molar-refractivity contribution >= 4 is 27.3 Å². The van der Waals surface area contributed by atoms with E-state index < -0.39 is 0 Å². The number of aryl methyl sites for hydroxylation is 1. The number of nitrogens with zero attached hydrogens (tertiary/aromatic N) is 5. The van der Waals surface area contributed by atoms with Crippen molar-refractivity contribution in [1.82, 2.24) is 23.9 Å². The third-order valence-corrected chi connectivity index (χ3v) is 12.1. The molecule has 63 heavy (non-hydrogen) atoms. The maximum atomic E-state index is 11.1. The fourth-order valence-corrected chi connectivity index (χ4v) is 8.66. The fraction of sp³-hybridized carbons (Fsp3) is 0.161. The van der Waals surface area contributed by atoms with Crippen LogP contribution < -0.4 is 0 Å². The van der Waals surface area contributed by atoms with Gasteiger partial charge in [-0.05, 0) is 88.0 Å². The molecule has 5 aromatic carbocycles. The van der Waals surface area contributed by atoms with E-state index in [-0.39, 0.29) is 37.6 Å². The van der Waals surface area contributed by atoms with E-state index in [2.05, 4.69) is 177 Å². The van der Waals surface area contributed by atoms with Crippen molar-refractivity contribution in [1.29, 1.82) is 0 Å². The van der Waals surface area contributed by atoms with Gasteiger partial charge in [-0.15, -0.1) is 24.3 Å². The summed E-state index contributed by atoms with van der Waals surface area (Å²) in [5.41, 5.74) is 15.7. The first kappa shape index (κ1) is 41.7. The van der Waals surface area contributed by atoms with Crippen LogP contribution in [0.5, 0.6) is 5.75 Å². The number of fused-ring (bicyclic) bond motifs is 4. The second-order valence-corrected chi connectivity index (χ2v) is 18.4. The minimum atomic E-state index is -0.0501. The number of aromatic nitrogens is 5. The molecule has 10 rings (SSSR count). The van der Waals surface area contributed by atoms with Crippen molar-refractivity contribution in [3.8, 4) is 67.5 Å². The Morgan fingerprint density at radius 1 is 0.556 bits per heavy atom. The van der Waals surface area contributed by atoms with Gasteiger partial charge >= 0.3 is 0 Å². The van der Waals surface area contributed by atoms with E-state index in [0.717, 1.165) is 72.8 Å². The van der Waals surface area contributed by atoms with Crippen molar-refractivity contribution < 1.29 is 26.2 Å². The molecule has 0 fully saturated rings. The van der Waals surface area contributed by atoms with Crippen LogP contribution >= 0.6 is 0 Å². The molecule has 0 radical (unpaired) electrons. The molecule has 0 spiro atoms. The van der Waals surface area contributed by atoms with Gasteiger partial charge in [0.1, 0.15) is 11.6 Å². The Morgan fingerprint density at radius 2 is 1.19 bits per heavy atom. The van der Waals surface area contributed by atoms with E-state index in [9.17, 15) is 5.11 Å². The van der Waals surface area contributed by atoms with Gasteiger partial charge in [-0.2, -0.15) is 0 Å². The van der Waals surface area contributed by atoms with Crippen LogP contribution in [0.25, 0.3) is 89.0 Å². The van der Waals surface area contributed by atoms with Crippen LogP contribution in [-0.2, 0) is 31.9 Å². The molecule has 0 atom stereocenters. The normalized spacial score (nSPS) is 12.0. The van der Waals surface area contributed by atoms with Gasteiger partial charge in [0, 0.05) is 66.7 Å². The Kier molecular flexibility index (Phi) is 10.6. The van der Waals surface area contributed by atoms with Gasteiger partial charge in [-0.1, -0.05) is 132 Å². The smallest absolute Gasteiger partial charge is 0.124 e. The van der Waals surface area contributed by atoms with Crippen molar-refractivity contribution in [3.63, 3.8) is 0 Å². The summed E-state index contributed by atoms with van der Waals surface area (Å²) in [6.07, 6.45) is 5.92. The number of para-hydroxylation sites is 3. The second kappa shape index (κ2) is 15.9. The molecule has 0 amide bonds. The van der Waals surface area contributed by atoms with Crippen molar-refractivity contribution in [2.45, 2.75) is 59.3 Å². The first-order valence-electron chi connectivity index (χ1n) is 21.2. The molecule has 10 aromatic rings. The van der Waals surface area contributed by atoms with Crippen molar-refractivity contribution in [2.24, 2.45) is 0 Å². The fourth-order valence-electron chi connectivity index (χ4n) is 8.66. The molecule has 5 aromatic heterocycles. The Bertz CT molecular complexity index is 3330. The standard InChI is InChI=1S/C56H48N5O.Pt/c1-35-58-34-52-51(22-14-26-60(35)52)61-50-21-10-8-17-44(50)45-20-13-19-43(54(45)61)36-24-25-57-47(30-36)37-15-12-16-38(27-37)48-31-40(32-49(59-48)46-18-9-11-23-53(46)62)39-28-41(55(2,3)4)33-42(29-39)56(5,6)7;/h8-26,28-34,62H,1-7H3;/q-1;. The molecule has 314 valence electrons. The number of hydrogen-bond donors (Lipinski definition) is 1. The number of rotatable bonds is 6. The van der Waals surface area contributed by atoms with E-state index >= 15 is 0 Å². The minimum Gasteiger partial charge on any atom is -0.507 e. The Hall–Kier alpha value is -6.62. The monoisotopic (exact) mass is 1000 g/mol. The molecule has 5 heterocycles. The molecule has 0 aliphatic carbocycles. The van der Waals surface area contributed by atoms with Crippen LogP contribution in [0.1, 0.15) is 58.5 Å². The quantitative estimate of drug-likeness (QED) is 0.169. The molecule has 7 heteroatoms. The van der Waals surface area contributed by atoms with Crippen LogP contribution in [-0.4, -0.2) is 29.0 Å². The van der Waals surface area contributed by atoms with Crippen molar-refractivity contribution in [3.05, 3.63) is 181 Å². The SMILES string of the molecule is Cc1ncc2c(-n3c4ccccc4c4cccc(-c5ccnc(-c6[c-]c(-c7cc(-c8cc(C(C)(C)C)cc(C(C)(C)C)c8)cc(-c8ccccc8O)n7)ccc6)c5)c43)cccn12.[Pt]. The number of aromatic hydroxyl groups is 1. The van der Waals surface area contributed by atoms with Gasteiger partial charge in [0.05, 0.1) is 34.1 Å². The Labute approximate surface area is 383 Å². The number of hydrogen-bond acceptors (Lipinski definition) is 4. The number of imidazole rings is 1. The predicted molar refractivity (Wildman–Crippen MR) is 255 cm³/mol. The summed E-state index contributed by atoms with van der Waals surface area (Å²) in [6.45, 7) is 15.6. The van der Waals surface area contributed by atoms with Crippen LogP contribution in [0.2, 0.25) is 0 Å². The molecule has 0 bridgehead atoms. The Balaban J connectivity index is 0.00000504. The summed E-state index contributed by atoms with van der Waals surface area (Å²) in [6, 6.07) is 52.2. The molecule has 0 aliphatic rings. The van der Waals surface area contributed by atoms with Crippen LogP contribution in [0.15, 0.2) is 158 Å². The second-order valence-electron chi connectivity index (χ2n) is 18.4. The number of pyridine rings is 3. The van der Waals surface area contributed by atoms with Gasteiger partial charge in [0.25, 0.3) is 0 Å². The van der Waals surface area contributed by atoms with Gasteiger partial charge in [0.2, 0.25) is 0 Å². The van der Waals surface area contributed by atoms with E-state index in [1.165, 1.54) is 21.9 Å². The number of phenolic OH excluding ortho intramolecular Hbond substituents is 1. The van der Waals surface area contributed by atoms with E-state index in [4.69, 9.17) is 9.97 Å². The van der Waals surface area contributed by atoms with Gasteiger partial charge in [-0.25, -0.2) is 4.98 Å². The minimum absolute atomic E-state index is 0. The van der Waals surface area contributed by atoms with Gasteiger partial charge < -0.3 is 14.1 Å². The van der Waals surface area contributed by atoms with Crippen LogP contribution in [0.4, 0.5) is 0 Å². The molecule has 1 N–H and O–H groups in total. The first-order chi connectivity index (χ1) is 29.8.